The second-order valence-electron chi connectivity index (χ2n) is 4.82. The lowest BCUT2D eigenvalue weighted by atomic mass is 9.97. The normalized spacial score (nSPS) is 16.7. The molecule has 0 spiro atoms. The Morgan fingerprint density at radius 3 is 2.74 bits per heavy atom. The van der Waals surface area contributed by atoms with Gasteiger partial charge < -0.3 is 9.64 Å². The summed E-state index contributed by atoms with van der Waals surface area (Å²) in [5.74, 6) is -0.0426. The minimum absolute atomic E-state index is 0.124. The number of rotatable bonds is 3. The maximum Gasteiger partial charge on any atom is 0.255 e. The van der Waals surface area contributed by atoms with E-state index in [2.05, 4.69) is 0 Å². The number of hydrogen-bond acceptors (Lipinski definition) is 2. The van der Waals surface area contributed by atoms with E-state index < -0.39 is 5.82 Å². The van der Waals surface area contributed by atoms with Gasteiger partial charge in [-0.25, -0.2) is 4.39 Å². The molecule has 19 heavy (non-hydrogen) atoms. The molecule has 1 aliphatic heterocycles. The van der Waals surface area contributed by atoms with E-state index in [1.54, 1.807) is 12.0 Å². The first kappa shape index (κ1) is 14.3. The van der Waals surface area contributed by atoms with E-state index in [1.807, 2.05) is 0 Å². The summed E-state index contributed by atoms with van der Waals surface area (Å²) in [6, 6.07) is 3.88. The van der Waals surface area contributed by atoms with Crippen molar-refractivity contribution in [1.82, 2.24) is 4.90 Å². The van der Waals surface area contributed by atoms with Gasteiger partial charge in [-0.05, 0) is 37.0 Å². The number of benzene rings is 1. The Bertz CT molecular complexity index is 459. The van der Waals surface area contributed by atoms with Gasteiger partial charge in [0.05, 0.1) is 10.6 Å². The summed E-state index contributed by atoms with van der Waals surface area (Å²) in [7, 11) is 1.69. The van der Waals surface area contributed by atoms with E-state index in [1.165, 1.54) is 18.2 Å². The van der Waals surface area contributed by atoms with Crippen LogP contribution in [-0.4, -0.2) is 37.6 Å². The number of carbonyl (C=O) groups excluding carboxylic acids is 1. The summed E-state index contributed by atoms with van der Waals surface area (Å²) in [6.07, 6.45) is 1.86. The second kappa shape index (κ2) is 6.35. The Morgan fingerprint density at radius 2 is 2.16 bits per heavy atom. The average Bonchev–Trinajstić information content (AvgIpc) is 2.39. The number of carbonyl (C=O) groups is 1. The zero-order valence-corrected chi connectivity index (χ0v) is 11.6. The van der Waals surface area contributed by atoms with Crippen LogP contribution < -0.4 is 0 Å². The number of halogens is 2. The molecule has 0 radical (unpaired) electrons. The Morgan fingerprint density at radius 1 is 1.47 bits per heavy atom. The van der Waals surface area contributed by atoms with Gasteiger partial charge in [0.25, 0.3) is 5.91 Å². The minimum Gasteiger partial charge on any atom is -0.384 e. The van der Waals surface area contributed by atoms with Gasteiger partial charge in [0.15, 0.2) is 0 Å². The molecule has 0 aliphatic carbocycles. The SMILES string of the molecule is COCC1CCN(C(=O)c2ccc(F)cc2Cl)CC1. The molecular formula is C14H17ClFNO2. The number of piperidine rings is 1. The zero-order chi connectivity index (χ0) is 13.8. The van der Waals surface area contributed by atoms with E-state index in [0.717, 1.165) is 19.4 Å². The average molecular weight is 286 g/mol. The summed E-state index contributed by atoms with van der Waals surface area (Å²) >= 11 is 5.91. The topological polar surface area (TPSA) is 29.5 Å². The Kier molecular flexibility index (Phi) is 4.77. The van der Waals surface area contributed by atoms with Crippen molar-refractivity contribution in [3.63, 3.8) is 0 Å². The van der Waals surface area contributed by atoms with Crippen LogP contribution >= 0.6 is 11.6 Å². The zero-order valence-electron chi connectivity index (χ0n) is 10.9. The quantitative estimate of drug-likeness (QED) is 0.854. The van der Waals surface area contributed by atoms with Gasteiger partial charge in [-0.2, -0.15) is 0 Å². The molecule has 104 valence electrons. The van der Waals surface area contributed by atoms with Crippen LogP contribution in [0.1, 0.15) is 23.2 Å². The molecule has 0 N–H and O–H groups in total. The van der Waals surface area contributed by atoms with Crippen LogP contribution in [0.4, 0.5) is 4.39 Å². The Hall–Kier alpha value is -1.13. The first-order valence-corrected chi connectivity index (χ1v) is 6.73. The third kappa shape index (κ3) is 3.45. The Balaban J connectivity index is 2.01. The fourth-order valence-corrected chi connectivity index (χ4v) is 2.62. The molecule has 2 rings (SSSR count). The number of ether oxygens (including phenoxy) is 1. The van der Waals surface area contributed by atoms with Crippen molar-refractivity contribution >= 4 is 17.5 Å². The van der Waals surface area contributed by atoms with Crippen LogP contribution in [0.25, 0.3) is 0 Å². The van der Waals surface area contributed by atoms with Crippen LogP contribution in [0.3, 0.4) is 0 Å². The molecule has 0 unspecified atom stereocenters. The molecule has 3 nitrogen and oxygen atoms in total. The fraction of sp³-hybridized carbons (Fsp3) is 0.500. The van der Waals surface area contributed by atoms with Crippen molar-refractivity contribution < 1.29 is 13.9 Å². The van der Waals surface area contributed by atoms with E-state index in [-0.39, 0.29) is 10.9 Å². The van der Waals surface area contributed by atoms with Gasteiger partial charge in [-0.1, -0.05) is 11.6 Å². The summed E-state index contributed by atoms with van der Waals surface area (Å²) in [6.45, 7) is 2.13. The van der Waals surface area contributed by atoms with Crippen LogP contribution in [-0.2, 0) is 4.74 Å². The standard InChI is InChI=1S/C14H17ClFNO2/c1-19-9-10-4-6-17(7-5-10)14(18)12-3-2-11(16)8-13(12)15/h2-3,8,10H,4-7,9H2,1H3. The summed E-state index contributed by atoms with van der Waals surface area (Å²) < 4.78 is 18.1. The molecule has 0 bridgehead atoms. The minimum atomic E-state index is -0.430. The molecule has 0 atom stereocenters. The number of nitrogens with zero attached hydrogens (tertiary/aromatic N) is 1. The molecule has 1 amide bonds. The van der Waals surface area contributed by atoms with Gasteiger partial charge in [-0.15, -0.1) is 0 Å². The molecule has 1 aromatic carbocycles. The number of hydrogen-bond donors (Lipinski definition) is 0. The van der Waals surface area contributed by atoms with Crippen LogP contribution in [0.2, 0.25) is 5.02 Å². The third-order valence-corrected chi connectivity index (χ3v) is 3.78. The maximum absolute atomic E-state index is 13.0. The highest BCUT2D eigenvalue weighted by Crippen LogP contribution is 2.23. The highest BCUT2D eigenvalue weighted by Gasteiger charge is 2.24. The molecule has 1 heterocycles. The van der Waals surface area contributed by atoms with Crippen molar-refractivity contribution in [2.75, 3.05) is 26.8 Å². The molecule has 1 aromatic rings. The lowest BCUT2D eigenvalue weighted by Crippen LogP contribution is -2.39. The van der Waals surface area contributed by atoms with Gasteiger partial charge in [-0.3, -0.25) is 4.79 Å². The van der Waals surface area contributed by atoms with Crippen molar-refractivity contribution in [2.24, 2.45) is 5.92 Å². The molecular weight excluding hydrogens is 269 g/mol. The van der Waals surface area contributed by atoms with E-state index in [0.29, 0.717) is 24.6 Å². The first-order valence-electron chi connectivity index (χ1n) is 6.35. The monoisotopic (exact) mass is 285 g/mol. The van der Waals surface area contributed by atoms with Gasteiger partial charge >= 0.3 is 0 Å². The smallest absolute Gasteiger partial charge is 0.255 e. The van der Waals surface area contributed by atoms with Gasteiger partial charge in [0, 0.05) is 26.8 Å². The predicted molar refractivity (Wildman–Crippen MR) is 71.9 cm³/mol. The Labute approximate surface area is 117 Å². The summed E-state index contributed by atoms with van der Waals surface area (Å²) in [4.78, 5) is 14.1. The lowest BCUT2D eigenvalue weighted by molar-refractivity contribution is 0.0613. The maximum atomic E-state index is 13.0. The van der Waals surface area contributed by atoms with Crippen LogP contribution in [0.15, 0.2) is 18.2 Å². The van der Waals surface area contributed by atoms with E-state index >= 15 is 0 Å². The van der Waals surface area contributed by atoms with E-state index in [9.17, 15) is 9.18 Å². The highest BCUT2D eigenvalue weighted by molar-refractivity contribution is 6.33. The predicted octanol–water partition coefficient (Wildman–Crippen LogP) is 2.98. The van der Waals surface area contributed by atoms with Gasteiger partial charge in [0.2, 0.25) is 0 Å². The van der Waals surface area contributed by atoms with Crippen molar-refractivity contribution in [3.8, 4) is 0 Å². The number of amides is 1. The van der Waals surface area contributed by atoms with Crippen molar-refractivity contribution in [3.05, 3.63) is 34.6 Å². The van der Waals surface area contributed by atoms with Gasteiger partial charge in [0.1, 0.15) is 5.82 Å². The van der Waals surface area contributed by atoms with Crippen LogP contribution in [0.5, 0.6) is 0 Å². The van der Waals surface area contributed by atoms with Crippen molar-refractivity contribution in [2.45, 2.75) is 12.8 Å². The highest BCUT2D eigenvalue weighted by atomic mass is 35.5. The number of methoxy groups -OCH3 is 1. The summed E-state index contributed by atoms with van der Waals surface area (Å²) in [5, 5.41) is 0.170. The molecule has 0 saturated carbocycles. The third-order valence-electron chi connectivity index (χ3n) is 3.47. The molecule has 0 aromatic heterocycles. The molecule has 5 heteroatoms. The largest absolute Gasteiger partial charge is 0.384 e. The lowest BCUT2D eigenvalue weighted by Gasteiger charge is -2.31. The van der Waals surface area contributed by atoms with Crippen molar-refractivity contribution in [1.29, 1.82) is 0 Å². The van der Waals surface area contributed by atoms with Crippen LogP contribution in [0, 0.1) is 11.7 Å². The fourth-order valence-electron chi connectivity index (χ4n) is 2.37. The molecule has 1 fully saturated rings. The second-order valence-corrected chi connectivity index (χ2v) is 5.22. The van der Waals surface area contributed by atoms with E-state index in [4.69, 9.17) is 16.3 Å². The summed E-state index contributed by atoms with van der Waals surface area (Å²) in [5.41, 5.74) is 0.369. The first-order chi connectivity index (χ1) is 9.11. The molecule has 1 saturated heterocycles. The number of likely N-dealkylation sites (tertiary alicyclic amines) is 1. The molecule has 1 aliphatic rings.